The summed E-state index contributed by atoms with van der Waals surface area (Å²) in [5, 5.41) is 3.95. The van der Waals surface area contributed by atoms with E-state index in [0.29, 0.717) is 43.7 Å². The van der Waals surface area contributed by atoms with Crippen molar-refractivity contribution in [2.45, 2.75) is 59.9 Å². The van der Waals surface area contributed by atoms with Crippen LogP contribution in [0.4, 0.5) is 0 Å². The van der Waals surface area contributed by atoms with Gasteiger partial charge in [0.2, 0.25) is 11.8 Å². The fourth-order valence-corrected chi connectivity index (χ4v) is 4.36. The maximum absolute atomic E-state index is 12.8. The van der Waals surface area contributed by atoms with Crippen LogP contribution in [0, 0.1) is 11.3 Å². The zero-order valence-corrected chi connectivity index (χ0v) is 19.3. The normalized spacial score (nSPS) is 18.2. The molecule has 0 saturated carbocycles. The molecule has 0 aliphatic carbocycles. The number of piperazine rings is 1. The lowest BCUT2D eigenvalue weighted by Gasteiger charge is -2.40. The van der Waals surface area contributed by atoms with Gasteiger partial charge in [-0.3, -0.25) is 9.59 Å². The number of benzene rings is 1. The number of hydrogen-bond acceptors (Lipinski definition) is 5. The quantitative estimate of drug-likeness (QED) is 0.702. The summed E-state index contributed by atoms with van der Waals surface area (Å²) in [5.41, 5.74) is 1.04. The van der Waals surface area contributed by atoms with Gasteiger partial charge in [-0.1, -0.05) is 51.1 Å². The van der Waals surface area contributed by atoms with Gasteiger partial charge in [0.05, 0.1) is 6.42 Å². The molecule has 1 saturated heterocycles. The highest BCUT2D eigenvalue weighted by Gasteiger charge is 2.31. The van der Waals surface area contributed by atoms with Crippen LogP contribution < -0.4 is 0 Å². The predicted octanol–water partition coefficient (Wildman–Crippen LogP) is 3.80. The lowest BCUT2D eigenvalue weighted by atomic mass is 9.84. The van der Waals surface area contributed by atoms with Crippen molar-refractivity contribution in [2.75, 3.05) is 19.6 Å². The van der Waals surface area contributed by atoms with Gasteiger partial charge >= 0.3 is 0 Å². The summed E-state index contributed by atoms with van der Waals surface area (Å²) in [6, 6.07) is 9.49. The van der Waals surface area contributed by atoms with Crippen LogP contribution in [0.1, 0.15) is 53.3 Å². The van der Waals surface area contributed by atoms with Crippen LogP contribution in [0.2, 0.25) is 0 Å². The van der Waals surface area contributed by atoms with Gasteiger partial charge in [0.1, 0.15) is 0 Å². The Morgan fingerprint density at radius 2 is 1.87 bits per heavy atom. The van der Waals surface area contributed by atoms with E-state index in [1.807, 2.05) is 42.2 Å². The van der Waals surface area contributed by atoms with Crippen molar-refractivity contribution in [1.29, 1.82) is 0 Å². The first-order valence-electron chi connectivity index (χ1n) is 11.1. The summed E-state index contributed by atoms with van der Waals surface area (Å²) in [7, 11) is 0. The smallest absolute Gasteiger partial charge is 0.257 e. The maximum Gasteiger partial charge on any atom is 0.257 e. The molecule has 1 aliphatic heterocycles. The number of hydrogen-bond donors (Lipinski definition) is 0. The first-order chi connectivity index (χ1) is 14.6. The first-order valence-corrected chi connectivity index (χ1v) is 11.1. The number of carbonyl (C=O) groups excluding carboxylic acids is 2. The van der Waals surface area contributed by atoms with Gasteiger partial charge in [-0.25, -0.2) is 0 Å². The van der Waals surface area contributed by atoms with E-state index < -0.39 is 0 Å². The van der Waals surface area contributed by atoms with Crippen LogP contribution in [0.5, 0.6) is 0 Å². The lowest BCUT2D eigenvalue weighted by Crippen LogP contribution is -2.55. The zero-order chi connectivity index (χ0) is 22.6. The topological polar surface area (TPSA) is 79.5 Å². The van der Waals surface area contributed by atoms with Crippen LogP contribution in [-0.4, -0.2) is 57.4 Å². The Hall–Kier alpha value is -2.70. The van der Waals surface area contributed by atoms with E-state index >= 15 is 0 Å². The molecular formula is C24H34N4O3. The number of carbonyl (C=O) groups is 2. The maximum atomic E-state index is 12.8. The Morgan fingerprint density at radius 1 is 1.16 bits per heavy atom. The van der Waals surface area contributed by atoms with Gasteiger partial charge in [0, 0.05) is 37.7 Å². The third kappa shape index (κ3) is 6.39. The highest BCUT2D eigenvalue weighted by molar-refractivity contribution is 5.80. The van der Waals surface area contributed by atoms with Crippen LogP contribution in [0.3, 0.4) is 0 Å². The van der Waals surface area contributed by atoms with E-state index in [-0.39, 0.29) is 29.7 Å². The van der Waals surface area contributed by atoms with Gasteiger partial charge < -0.3 is 14.3 Å². The minimum absolute atomic E-state index is 0.00261. The van der Waals surface area contributed by atoms with Crippen molar-refractivity contribution in [2.24, 2.45) is 11.3 Å². The van der Waals surface area contributed by atoms with Crippen LogP contribution in [-0.2, 0) is 16.0 Å². The Balaban J connectivity index is 1.52. The summed E-state index contributed by atoms with van der Waals surface area (Å²) >= 11 is 0. The van der Waals surface area contributed by atoms with Crippen molar-refractivity contribution in [3.63, 3.8) is 0 Å². The fourth-order valence-electron chi connectivity index (χ4n) is 4.36. The molecule has 0 bridgehead atoms. The number of amides is 2. The molecule has 2 unspecified atom stereocenters. The molecule has 7 heteroatoms. The summed E-state index contributed by atoms with van der Waals surface area (Å²) in [6.45, 7) is 12.4. The van der Waals surface area contributed by atoms with Crippen LogP contribution in [0.25, 0.3) is 11.5 Å². The van der Waals surface area contributed by atoms with E-state index in [1.54, 1.807) is 4.90 Å². The summed E-state index contributed by atoms with van der Waals surface area (Å²) in [5.74, 6) is 1.28. The molecule has 0 radical (unpaired) electrons. The van der Waals surface area contributed by atoms with E-state index in [9.17, 15) is 9.59 Å². The molecule has 2 aromatic rings. The Labute approximate surface area is 184 Å². The minimum atomic E-state index is -0.0412. The Bertz CT molecular complexity index is 888. The lowest BCUT2D eigenvalue weighted by molar-refractivity contribution is -0.142. The van der Waals surface area contributed by atoms with E-state index in [4.69, 9.17) is 4.52 Å². The molecule has 0 N–H and O–H groups in total. The molecule has 2 heterocycles. The van der Waals surface area contributed by atoms with Gasteiger partial charge in [0.25, 0.3) is 5.89 Å². The zero-order valence-electron chi connectivity index (χ0n) is 19.3. The molecular weight excluding hydrogens is 392 g/mol. The number of rotatable bonds is 6. The van der Waals surface area contributed by atoms with Crippen molar-refractivity contribution < 1.29 is 14.1 Å². The molecule has 1 fully saturated rings. The second kappa shape index (κ2) is 9.62. The van der Waals surface area contributed by atoms with E-state index in [1.165, 1.54) is 0 Å². The van der Waals surface area contributed by atoms with E-state index in [2.05, 4.69) is 37.8 Å². The molecule has 7 nitrogen and oxygen atoms in total. The average Bonchev–Trinajstić information content (AvgIpc) is 3.15. The first kappa shape index (κ1) is 23.0. The summed E-state index contributed by atoms with van der Waals surface area (Å²) in [4.78, 5) is 33.6. The number of nitrogens with zero attached hydrogens (tertiary/aromatic N) is 4. The van der Waals surface area contributed by atoms with Crippen molar-refractivity contribution in [1.82, 2.24) is 19.9 Å². The Morgan fingerprint density at radius 3 is 2.52 bits per heavy atom. The van der Waals surface area contributed by atoms with Crippen LogP contribution >= 0.6 is 0 Å². The highest BCUT2D eigenvalue weighted by Crippen LogP contribution is 2.27. The molecule has 168 valence electrons. The van der Waals surface area contributed by atoms with Gasteiger partial charge in [0.15, 0.2) is 5.82 Å². The van der Waals surface area contributed by atoms with Crippen molar-refractivity contribution >= 4 is 11.8 Å². The Kier molecular flexibility index (Phi) is 7.13. The molecule has 1 aromatic heterocycles. The third-order valence-electron chi connectivity index (χ3n) is 5.58. The standard InChI is InChI=1S/C24H34N4O3/c1-17(15-24(3,4)5)13-22(30)28-12-11-27(16-18(28)2)21(29)14-20-25-23(31-26-20)19-9-7-6-8-10-19/h6-10,17-18H,11-16H2,1-5H3. The SMILES string of the molecule is CC(CC(=O)N1CCN(C(=O)Cc2noc(-c3ccccc3)n2)CC1C)CC(C)(C)C. The molecule has 31 heavy (non-hydrogen) atoms. The molecule has 1 aliphatic rings. The molecule has 2 atom stereocenters. The van der Waals surface area contributed by atoms with Gasteiger partial charge in [-0.05, 0) is 36.8 Å². The van der Waals surface area contributed by atoms with Crippen molar-refractivity contribution in [3.8, 4) is 11.5 Å². The van der Waals surface area contributed by atoms with Crippen molar-refractivity contribution in [3.05, 3.63) is 36.2 Å². The van der Waals surface area contributed by atoms with Crippen LogP contribution in [0.15, 0.2) is 34.9 Å². The third-order valence-corrected chi connectivity index (χ3v) is 5.58. The average molecular weight is 427 g/mol. The van der Waals surface area contributed by atoms with Gasteiger partial charge in [-0.2, -0.15) is 4.98 Å². The fraction of sp³-hybridized carbons (Fsp3) is 0.583. The molecule has 1 aromatic carbocycles. The second-order valence-corrected chi connectivity index (χ2v) is 9.91. The molecule has 3 rings (SSSR count). The van der Waals surface area contributed by atoms with E-state index in [0.717, 1.165) is 12.0 Å². The highest BCUT2D eigenvalue weighted by atomic mass is 16.5. The second-order valence-electron chi connectivity index (χ2n) is 9.91. The monoisotopic (exact) mass is 426 g/mol. The largest absolute Gasteiger partial charge is 0.338 e. The predicted molar refractivity (Wildman–Crippen MR) is 119 cm³/mol. The summed E-state index contributed by atoms with van der Waals surface area (Å²) < 4.78 is 5.30. The molecule has 2 amide bonds. The number of aromatic nitrogens is 2. The molecule has 0 spiro atoms. The minimum Gasteiger partial charge on any atom is -0.338 e. The summed E-state index contributed by atoms with van der Waals surface area (Å²) in [6.07, 6.45) is 1.67. The van der Waals surface area contributed by atoms with Gasteiger partial charge in [-0.15, -0.1) is 0 Å².